The number of hydrogen-bond acceptors (Lipinski definition) is 4. The first-order valence-corrected chi connectivity index (χ1v) is 7.08. The van der Waals surface area contributed by atoms with Gasteiger partial charge in [-0.05, 0) is 18.2 Å². The molecule has 0 amide bonds. The molecule has 0 saturated carbocycles. The fourth-order valence-corrected chi connectivity index (χ4v) is 2.39. The summed E-state index contributed by atoms with van der Waals surface area (Å²) in [6.45, 7) is 1.90. The maximum Gasteiger partial charge on any atom is 0.168 e. The van der Waals surface area contributed by atoms with Crippen LogP contribution < -0.4 is 10.1 Å². The Labute approximate surface area is 127 Å². The van der Waals surface area contributed by atoms with Crippen molar-refractivity contribution in [1.29, 1.82) is 0 Å². The summed E-state index contributed by atoms with van der Waals surface area (Å²) >= 11 is 0. The van der Waals surface area contributed by atoms with Gasteiger partial charge >= 0.3 is 0 Å². The number of halogens is 2. The number of nitrogens with one attached hydrogen (secondary N) is 1. The van der Waals surface area contributed by atoms with Gasteiger partial charge in [-0.15, -0.1) is 0 Å². The van der Waals surface area contributed by atoms with Crippen LogP contribution in [0.15, 0.2) is 42.7 Å². The number of hydrogen-bond donors (Lipinski definition) is 1. The van der Waals surface area contributed by atoms with Crippen LogP contribution in [-0.4, -0.2) is 30.8 Å². The predicted octanol–water partition coefficient (Wildman–Crippen LogP) is 2.47. The molecule has 1 aromatic heterocycles. The van der Waals surface area contributed by atoms with Crippen molar-refractivity contribution in [1.82, 2.24) is 10.3 Å². The molecule has 1 fully saturated rings. The first-order valence-electron chi connectivity index (χ1n) is 7.08. The lowest BCUT2D eigenvalue weighted by Gasteiger charge is -2.31. The number of ether oxygens (including phenoxy) is 2. The van der Waals surface area contributed by atoms with E-state index in [0.29, 0.717) is 13.2 Å². The molecular formula is C16H16F2N2O2. The van der Waals surface area contributed by atoms with E-state index in [1.54, 1.807) is 18.5 Å². The van der Waals surface area contributed by atoms with Crippen LogP contribution >= 0.6 is 0 Å². The van der Waals surface area contributed by atoms with E-state index in [-0.39, 0.29) is 11.9 Å². The van der Waals surface area contributed by atoms with Gasteiger partial charge in [0, 0.05) is 37.1 Å². The van der Waals surface area contributed by atoms with Crippen LogP contribution in [-0.2, 0) is 4.74 Å². The summed E-state index contributed by atoms with van der Waals surface area (Å²) in [5.74, 6) is -1.39. The lowest BCUT2D eigenvalue weighted by Crippen LogP contribution is -2.43. The number of rotatable bonds is 4. The zero-order chi connectivity index (χ0) is 15.4. The smallest absolute Gasteiger partial charge is 0.168 e. The summed E-state index contributed by atoms with van der Waals surface area (Å²) in [6, 6.07) is 6.87. The van der Waals surface area contributed by atoms with Crippen molar-refractivity contribution in [3.8, 4) is 5.75 Å². The Morgan fingerprint density at radius 2 is 2.23 bits per heavy atom. The molecule has 0 spiro atoms. The van der Waals surface area contributed by atoms with Gasteiger partial charge in [0.25, 0.3) is 0 Å². The van der Waals surface area contributed by atoms with Gasteiger partial charge in [-0.2, -0.15) is 0 Å². The quantitative estimate of drug-likeness (QED) is 0.942. The maximum atomic E-state index is 13.9. The van der Waals surface area contributed by atoms with E-state index in [4.69, 9.17) is 9.47 Å². The summed E-state index contributed by atoms with van der Waals surface area (Å²) in [5, 5.41) is 3.22. The highest BCUT2D eigenvalue weighted by atomic mass is 19.1. The average Bonchev–Trinajstić information content (AvgIpc) is 2.56. The molecule has 0 unspecified atom stereocenters. The Morgan fingerprint density at radius 1 is 1.32 bits per heavy atom. The SMILES string of the molecule is Fc1ccc(O[C@@H](c2cccnc2)[C@H]2CNCCO2)c(F)c1. The first-order chi connectivity index (χ1) is 10.7. The van der Waals surface area contributed by atoms with Crippen molar-refractivity contribution in [3.05, 3.63) is 59.9 Å². The van der Waals surface area contributed by atoms with Crippen LogP contribution in [0.4, 0.5) is 8.78 Å². The Kier molecular flexibility index (Phi) is 4.60. The number of morpholine rings is 1. The van der Waals surface area contributed by atoms with Gasteiger partial charge in [0.15, 0.2) is 17.7 Å². The molecule has 2 aromatic rings. The van der Waals surface area contributed by atoms with E-state index < -0.39 is 17.7 Å². The molecule has 0 aliphatic carbocycles. The van der Waals surface area contributed by atoms with Crippen LogP contribution in [0.25, 0.3) is 0 Å². The van der Waals surface area contributed by atoms with Crippen molar-refractivity contribution in [2.45, 2.75) is 12.2 Å². The Hall–Kier alpha value is -2.05. The Balaban J connectivity index is 1.87. The molecule has 116 valence electrons. The Morgan fingerprint density at radius 3 is 2.91 bits per heavy atom. The molecule has 6 heteroatoms. The normalized spacial score (nSPS) is 19.6. The second-order valence-electron chi connectivity index (χ2n) is 5.01. The standard InChI is InChI=1S/C16H16F2N2O2/c17-12-3-4-14(13(18)8-12)22-16(11-2-1-5-19-9-11)15-10-20-6-7-21-15/h1-5,8-9,15-16,20H,6-7,10H2/t15-,16+/m1/s1. The van der Waals surface area contributed by atoms with E-state index in [2.05, 4.69) is 10.3 Å². The monoisotopic (exact) mass is 306 g/mol. The molecule has 2 atom stereocenters. The zero-order valence-electron chi connectivity index (χ0n) is 11.8. The third kappa shape index (κ3) is 3.40. The van der Waals surface area contributed by atoms with Gasteiger partial charge in [0.1, 0.15) is 11.9 Å². The fourth-order valence-electron chi connectivity index (χ4n) is 2.39. The molecule has 1 aliphatic rings. The van der Waals surface area contributed by atoms with Crippen molar-refractivity contribution in [2.24, 2.45) is 0 Å². The highest BCUT2D eigenvalue weighted by Gasteiger charge is 2.28. The van der Waals surface area contributed by atoms with E-state index in [9.17, 15) is 8.78 Å². The Bertz CT molecular complexity index is 619. The number of benzene rings is 1. The van der Waals surface area contributed by atoms with E-state index in [0.717, 1.165) is 18.2 Å². The van der Waals surface area contributed by atoms with Gasteiger partial charge in [0.05, 0.1) is 6.61 Å². The minimum absolute atomic E-state index is 0.00979. The zero-order valence-corrected chi connectivity index (χ0v) is 11.8. The van der Waals surface area contributed by atoms with Crippen molar-refractivity contribution >= 4 is 0 Å². The van der Waals surface area contributed by atoms with Gasteiger partial charge in [0.2, 0.25) is 0 Å². The van der Waals surface area contributed by atoms with Crippen LogP contribution in [0, 0.1) is 11.6 Å². The third-order valence-corrected chi connectivity index (χ3v) is 3.45. The number of pyridine rings is 1. The van der Waals surface area contributed by atoms with Gasteiger partial charge < -0.3 is 14.8 Å². The molecule has 2 heterocycles. The highest BCUT2D eigenvalue weighted by Crippen LogP contribution is 2.29. The summed E-state index contributed by atoms with van der Waals surface area (Å²) in [5.41, 5.74) is 0.778. The number of nitrogens with zero attached hydrogens (tertiary/aromatic N) is 1. The van der Waals surface area contributed by atoms with E-state index in [1.165, 1.54) is 12.1 Å². The largest absolute Gasteiger partial charge is 0.480 e. The van der Waals surface area contributed by atoms with Gasteiger partial charge in [-0.3, -0.25) is 4.98 Å². The molecule has 0 bridgehead atoms. The molecular weight excluding hydrogens is 290 g/mol. The van der Waals surface area contributed by atoms with Gasteiger partial charge in [-0.25, -0.2) is 8.78 Å². The molecule has 1 saturated heterocycles. The molecule has 1 N–H and O–H groups in total. The van der Waals surface area contributed by atoms with Crippen molar-refractivity contribution in [3.63, 3.8) is 0 Å². The van der Waals surface area contributed by atoms with Crippen LogP contribution in [0.1, 0.15) is 11.7 Å². The minimum atomic E-state index is -0.738. The molecule has 4 nitrogen and oxygen atoms in total. The van der Waals surface area contributed by atoms with Crippen LogP contribution in [0.3, 0.4) is 0 Å². The second-order valence-corrected chi connectivity index (χ2v) is 5.01. The average molecular weight is 306 g/mol. The molecule has 22 heavy (non-hydrogen) atoms. The molecule has 0 radical (unpaired) electrons. The topological polar surface area (TPSA) is 43.4 Å². The summed E-state index contributed by atoms with van der Waals surface area (Å²) in [4.78, 5) is 4.07. The van der Waals surface area contributed by atoms with E-state index in [1.807, 2.05) is 6.07 Å². The fraction of sp³-hybridized carbons (Fsp3) is 0.312. The summed E-state index contributed by atoms with van der Waals surface area (Å²) < 4.78 is 38.4. The molecule has 3 rings (SSSR count). The lowest BCUT2D eigenvalue weighted by atomic mass is 10.1. The van der Waals surface area contributed by atoms with Crippen LogP contribution in [0.5, 0.6) is 5.75 Å². The lowest BCUT2D eigenvalue weighted by molar-refractivity contribution is -0.0443. The molecule has 1 aliphatic heterocycles. The highest BCUT2D eigenvalue weighted by molar-refractivity contribution is 5.27. The van der Waals surface area contributed by atoms with Crippen molar-refractivity contribution < 1.29 is 18.3 Å². The summed E-state index contributed by atoms with van der Waals surface area (Å²) in [6.07, 6.45) is 2.51. The third-order valence-electron chi connectivity index (χ3n) is 3.45. The predicted molar refractivity (Wildman–Crippen MR) is 76.6 cm³/mol. The number of aromatic nitrogens is 1. The van der Waals surface area contributed by atoms with Gasteiger partial charge in [-0.1, -0.05) is 6.07 Å². The minimum Gasteiger partial charge on any atom is -0.480 e. The van der Waals surface area contributed by atoms with Crippen LogP contribution in [0.2, 0.25) is 0 Å². The molecule has 1 aromatic carbocycles. The second kappa shape index (κ2) is 6.81. The first kappa shape index (κ1) is 14.9. The summed E-state index contributed by atoms with van der Waals surface area (Å²) in [7, 11) is 0. The maximum absolute atomic E-state index is 13.9. The van der Waals surface area contributed by atoms with Crippen molar-refractivity contribution in [2.75, 3.05) is 19.7 Å². The van der Waals surface area contributed by atoms with E-state index >= 15 is 0 Å².